The molecular formula is C26H29ClFN3O3. The van der Waals surface area contributed by atoms with Crippen LogP contribution in [0.4, 0.5) is 4.39 Å². The number of furan rings is 1. The number of fused-ring (bicyclic) bond motifs is 1. The zero-order chi connectivity index (χ0) is 25.0. The average molecular weight is 486 g/mol. The van der Waals surface area contributed by atoms with Crippen molar-refractivity contribution in [3.05, 3.63) is 52.5 Å². The third-order valence-electron chi connectivity index (χ3n) is 6.36. The Morgan fingerprint density at radius 3 is 2.53 bits per heavy atom. The largest absolute Gasteiger partial charge is 0.449 e. The summed E-state index contributed by atoms with van der Waals surface area (Å²) < 4.78 is 20.2. The fourth-order valence-corrected chi connectivity index (χ4v) is 4.39. The number of halogens is 2. The fraction of sp³-hybridized carbons (Fsp3) is 0.423. The maximum Gasteiger partial charge on any atom is 0.290 e. The summed E-state index contributed by atoms with van der Waals surface area (Å²) in [5.41, 5.74) is 2.05. The maximum atomic E-state index is 14.1. The van der Waals surface area contributed by atoms with Gasteiger partial charge in [0.05, 0.1) is 10.7 Å². The molecule has 0 spiro atoms. The van der Waals surface area contributed by atoms with Crippen LogP contribution < -0.4 is 0 Å². The van der Waals surface area contributed by atoms with E-state index in [4.69, 9.17) is 16.0 Å². The zero-order valence-electron chi connectivity index (χ0n) is 20.3. The molecule has 0 atom stereocenters. The standard InChI is InChI=1S/C26H29ClFN3O3/c1-25(2,3)16-12-19(15-7-8-17(27)18(28)11-15)29-20-13-21(34-23(16)20)24(33)31-10-9-30(6)22(32)14-26(31,4)5/h7-8,11-13H,9-10,14H2,1-6H3. The van der Waals surface area contributed by atoms with Crippen molar-refractivity contribution < 1.29 is 18.4 Å². The first-order valence-corrected chi connectivity index (χ1v) is 11.6. The Labute approximate surface area is 203 Å². The molecule has 0 unspecified atom stereocenters. The Hall–Kier alpha value is -2.93. The smallest absolute Gasteiger partial charge is 0.290 e. The molecular weight excluding hydrogens is 457 g/mol. The average Bonchev–Trinajstić information content (AvgIpc) is 3.13. The van der Waals surface area contributed by atoms with Gasteiger partial charge in [0.25, 0.3) is 5.91 Å². The number of hydrogen-bond acceptors (Lipinski definition) is 4. The molecule has 0 saturated carbocycles. The van der Waals surface area contributed by atoms with Crippen LogP contribution in [0.5, 0.6) is 0 Å². The summed E-state index contributed by atoms with van der Waals surface area (Å²) in [4.78, 5) is 33.9. The molecule has 4 rings (SSSR count). The van der Waals surface area contributed by atoms with Crippen LogP contribution in [0.1, 0.15) is 57.2 Å². The van der Waals surface area contributed by atoms with Crippen molar-refractivity contribution in [3.8, 4) is 11.3 Å². The number of nitrogens with zero attached hydrogens (tertiary/aromatic N) is 3. The first-order chi connectivity index (χ1) is 15.8. The second kappa shape index (κ2) is 8.38. The maximum absolute atomic E-state index is 14.1. The molecule has 3 aromatic rings. The van der Waals surface area contributed by atoms with Gasteiger partial charge in [-0.1, -0.05) is 38.4 Å². The summed E-state index contributed by atoms with van der Waals surface area (Å²) in [5, 5.41) is 0.0428. The van der Waals surface area contributed by atoms with Crippen LogP contribution in [0.3, 0.4) is 0 Å². The van der Waals surface area contributed by atoms with Gasteiger partial charge in [-0.15, -0.1) is 0 Å². The van der Waals surface area contributed by atoms with E-state index in [2.05, 4.69) is 4.98 Å². The van der Waals surface area contributed by atoms with Gasteiger partial charge in [0.2, 0.25) is 5.91 Å². The van der Waals surface area contributed by atoms with E-state index < -0.39 is 11.4 Å². The van der Waals surface area contributed by atoms with Gasteiger partial charge >= 0.3 is 0 Å². The normalized spacial score (nSPS) is 16.8. The van der Waals surface area contributed by atoms with Crippen LogP contribution in [-0.4, -0.2) is 52.3 Å². The first-order valence-electron chi connectivity index (χ1n) is 11.2. The predicted molar refractivity (Wildman–Crippen MR) is 130 cm³/mol. The van der Waals surface area contributed by atoms with Crippen molar-refractivity contribution in [1.29, 1.82) is 0 Å². The van der Waals surface area contributed by atoms with Crippen LogP contribution in [0.25, 0.3) is 22.4 Å². The summed E-state index contributed by atoms with van der Waals surface area (Å²) in [6.45, 7) is 10.7. The first kappa shape index (κ1) is 24.2. The van der Waals surface area contributed by atoms with Crippen molar-refractivity contribution in [1.82, 2.24) is 14.8 Å². The molecule has 8 heteroatoms. The predicted octanol–water partition coefficient (Wildman–Crippen LogP) is 5.67. The minimum absolute atomic E-state index is 0.00132. The van der Waals surface area contributed by atoms with E-state index in [1.807, 2.05) is 40.7 Å². The molecule has 180 valence electrons. The Kier molecular flexibility index (Phi) is 5.96. The number of benzene rings is 1. The summed E-state index contributed by atoms with van der Waals surface area (Å²) in [6.07, 6.45) is 0.229. The van der Waals surface area contributed by atoms with E-state index >= 15 is 0 Å². The lowest BCUT2D eigenvalue weighted by molar-refractivity contribution is -0.130. The van der Waals surface area contributed by atoms with E-state index in [0.29, 0.717) is 35.4 Å². The number of carbonyl (C=O) groups is 2. The minimum atomic E-state index is -0.663. The van der Waals surface area contributed by atoms with Gasteiger partial charge in [0, 0.05) is 49.3 Å². The van der Waals surface area contributed by atoms with E-state index in [-0.39, 0.29) is 34.4 Å². The van der Waals surface area contributed by atoms with Crippen molar-refractivity contribution in [2.45, 2.75) is 52.0 Å². The van der Waals surface area contributed by atoms with Crippen LogP contribution in [0.2, 0.25) is 5.02 Å². The van der Waals surface area contributed by atoms with Crippen LogP contribution in [0.15, 0.2) is 34.7 Å². The number of likely N-dealkylation sites (N-methyl/N-ethyl adjacent to an activating group) is 1. The second-order valence-corrected chi connectivity index (χ2v) is 10.9. The molecule has 1 fully saturated rings. The highest BCUT2D eigenvalue weighted by molar-refractivity contribution is 6.30. The number of carbonyl (C=O) groups excluding carboxylic acids is 2. The lowest BCUT2D eigenvalue weighted by atomic mass is 9.86. The Bertz CT molecular complexity index is 1290. The highest BCUT2D eigenvalue weighted by Gasteiger charge is 2.38. The molecule has 6 nitrogen and oxygen atoms in total. The van der Waals surface area contributed by atoms with Crippen LogP contribution in [-0.2, 0) is 10.2 Å². The van der Waals surface area contributed by atoms with E-state index in [1.54, 1.807) is 29.0 Å². The molecule has 1 aromatic carbocycles. The number of rotatable bonds is 2. The van der Waals surface area contributed by atoms with Crippen molar-refractivity contribution in [3.63, 3.8) is 0 Å². The lowest BCUT2D eigenvalue weighted by Crippen LogP contribution is -2.48. The van der Waals surface area contributed by atoms with E-state index in [9.17, 15) is 14.0 Å². The van der Waals surface area contributed by atoms with Gasteiger partial charge in [-0.3, -0.25) is 9.59 Å². The molecule has 0 aliphatic carbocycles. The number of amides is 2. The van der Waals surface area contributed by atoms with Gasteiger partial charge in [-0.25, -0.2) is 9.37 Å². The molecule has 0 N–H and O–H groups in total. The minimum Gasteiger partial charge on any atom is -0.449 e. The van der Waals surface area contributed by atoms with Gasteiger partial charge in [-0.05, 0) is 37.5 Å². The van der Waals surface area contributed by atoms with Gasteiger partial charge in [-0.2, -0.15) is 0 Å². The fourth-order valence-electron chi connectivity index (χ4n) is 4.27. The summed E-state index contributed by atoms with van der Waals surface area (Å²) >= 11 is 5.86. The van der Waals surface area contributed by atoms with Crippen LogP contribution >= 0.6 is 11.6 Å². The number of pyridine rings is 1. The summed E-state index contributed by atoms with van der Waals surface area (Å²) in [6, 6.07) is 8.06. The Morgan fingerprint density at radius 2 is 1.88 bits per heavy atom. The van der Waals surface area contributed by atoms with E-state index in [1.165, 1.54) is 12.1 Å². The second-order valence-electron chi connectivity index (χ2n) is 10.5. The summed E-state index contributed by atoms with van der Waals surface area (Å²) in [5.74, 6) is -0.645. The molecule has 1 aliphatic heterocycles. The van der Waals surface area contributed by atoms with Gasteiger partial charge in [0.1, 0.15) is 11.3 Å². The quantitative estimate of drug-likeness (QED) is 0.469. The molecule has 0 radical (unpaired) electrons. The Morgan fingerprint density at radius 1 is 1.18 bits per heavy atom. The molecule has 1 saturated heterocycles. The summed E-state index contributed by atoms with van der Waals surface area (Å²) in [7, 11) is 1.74. The number of hydrogen-bond donors (Lipinski definition) is 0. The molecule has 1 aliphatic rings. The lowest BCUT2D eigenvalue weighted by Gasteiger charge is -2.35. The van der Waals surface area contributed by atoms with Crippen LogP contribution in [0, 0.1) is 5.82 Å². The molecule has 3 heterocycles. The van der Waals surface area contributed by atoms with Crippen molar-refractivity contribution in [2.24, 2.45) is 0 Å². The number of aromatic nitrogens is 1. The van der Waals surface area contributed by atoms with Crippen molar-refractivity contribution >= 4 is 34.5 Å². The molecule has 2 amide bonds. The molecule has 34 heavy (non-hydrogen) atoms. The van der Waals surface area contributed by atoms with Gasteiger partial charge in [0.15, 0.2) is 11.3 Å². The van der Waals surface area contributed by atoms with Gasteiger partial charge < -0.3 is 14.2 Å². The zero-order valence-corrected chi connectivity index (χ0v) is 21.1. The third kappa shape index (κ3) is 4.41. The molecule has 2 aromatic heterocycles. The van der Waals surface area contributed by atoms with Crippen molar-refractivity contribution in [2.75, 3.05) is 20.1 Å². The third-order valence-corrected chi connectivity index (χ3v) is 6.66. The highest BCUT2D eigenvalue weighted by atomic mass is 35.5. The SMILES string of the molecule is CN1CCN(C(=O)c2cc3nc(-c4ccc(Cl)c(F)c4)cc(C(C)(C)C)c3o2)C(C)(C)CC1=O. The highest BCUT2D eigenvalue weighted by Crippen LogP contribution is 2.36. The monoisotopic (exact) mass is 485 g/mol. The van der Waals surface area contributed by atoms with E-state index in [0.717, 1.165) is 5.56 Å². The molecule has 0 bridgehead atoms. The Balaban J connectivity index is 1.82. The topological polar surface area (TPSA) is 66.7 Å².